The first kappa shape index (κ1) is 22.1. The first-order valence-electron chi connectivity index (χ1n) is 10.5. The van der Waals surface area contributed by atoms with Crippen molar-refractivity contribution in [1.82, 2.24) is 24.6 Å². The number of nitrogens with one attached hydrogen (secondary N) is 2. The van der Waals surface area contributed by atoms with E-state index in [1.165, 1.54) is 0 Å². The summed E-state index contributed by atoms with van der Waals surface area (Å²) in [7, 11) is 0. The van der Waals surface area contributed by atoms with Gasteiger partial charge in [-0.05, 0) is 35.9 Å². The molecule has 0 aromatic carbocycles. The van der Waals surface area contributed by atoms with Crippen molar-refractivity contribution in [3.8, 4) is 10.6 Å². The molecule has 168 valence electrons. The summed E-state index contributed by atoms with van der Waals surface area (Å²) < 4.78 is 1.67. The highest BCUT2D eigenvalue weighted by molar-refractivity contribution is 7.13. The molecule has 0 fully saturated rings. The summed E-state index contributed by atoms with van der Waals surface area (Å²) in [4.78, 5) is 14.8. The zero-order valence-corrected chi connectivity index (χ0v) is 19.0. The van der Waals surface area contributed by atoms with Crippen molar-refractivity contribution in [2.24, 2.45) is 0 Å². The highest BCUT2D eigenvalue weighted by Crippen LogP contribution is 2.24. The van der Waals surface area contributed by atoms with Gasteiger partial charge in [-0.25, -0.2) is 0 Å². The topological polar surface area (TPSA) is 120 Å². The van der Waals surface area contributed by atoms with E-state index in [0.717, 1.165) is 21.7 Å². The third kappa shape index (κ3) is 4.72. The molecule has 0 bridgehead atoms. The molecule has 9 nitrogen and oxygen atoms in total. The van der Waals surface area contributed by atoms with E-state index in [9.17, 15) is 10.2 Å². The zero-order valence-electron chi connectivity index (χ0n) is 18.2. The lowest BCUT2D eigenvalue weighted by Gasteiger charge is -2.19. The van der Waals surface area contributed by atoms with Crippen LogP contribution in [0.4, 0.5) is 11.9 Å². The molecule has 4 N–H and O–H groups in total. The van der Waals surface area contributed by atoms with Gasteiger partial charge in [0.2, 0.25) is 11.9 Å². The largest absolute Gasteiger partial charge is 0.394 e. The molecule has 0 amide bonds. The number of nitrogens with zero attached hydrogens (tertiary/aromatic N) is 5. The predicted molar refractivity (Wildman–Crippen MR) is 126 cm³/mol. The van der Waals surface area contributed by atoms with Gasteiger partial charge >= 0.3 is 0 Å². The Morgan fingerprint density at radius 1 is 1.12 bits per heavy atom. The van der Waals surface area contributed by atoms with Gasteiger partial charge in [0.1, 0.15) is 0 Å². The van der Waals surface area contributed by atoms with Crippen LogP contribution in [0.5, 0.6) is 0 Å². The number of anilines is 2. The molecule has 0 saturated carbocycles. The summed E-state index contributed by atoms with van der Waals surface area (Å²) in [5.41, 5.74) is 3.60. The molecule has 0 radical (unpaired) electrons. The molecule has 0 aliphatic carbocycles. The third-order valence-electron chi connectivity index (χ3n) is 5.16. The summed E-state index contributed by atoms with van der Waals surface area (Å²) in [6, 6.07) is 7.52. The van der Waals surface area contributed by atoms with Crippen molar-refractivity contribution in [3.63, 3.8) is 0 Å². The van der Waals surface area contributed by atoms with Crippen molar-refractivity contribution >= 4 is 28.9 Å². The molecule has 0 saturated heterocycles. The van der Waals surface area contributed by atoms with Crippen LogP contribution in [0.2, 0.25) is 0 Å². The Morgan fingerprint density at radius 2 is 1.97 bits per heavy atom. The predicted octanol–water partition coefficient (Wildman–Crippen LogP) is 3.14. The van der Waals surface area contributed by atoms with Gasteiger partial charge in [-0.1, -0.05) is 26.0 Å². The average Bonchev–Trinajstić information content (AvgIpc) is 3.46. The molecular formula is C22H27N7O2S. The second kappa shape index (κ2) is 9.60. The summed E-state index contributed by atoms with van der Waals surface area (Å²) >= 11 is 1.66. The van der Waals surface area contributed by atoms with E-state index in [1.807, 2.05) is 35.8 Å². The number of thiophene rings is 1. The van der Waals surface area contributed by atoms with Crippen LogP contribution in [0.15, 0.2) is 42.0 Å². The maximum atomic E-state index is 9.88. The van der Waals surface area contributed by atoms with Crippen LogP contribution >= 0.6 is 11.3 Å². The van der Waals surface area contributed by atoms with E-state index in [1.54, 1.807) is 29.0 Å². The number of fused-ring (bicyclic) bond motifs is 1. The van der Waals surface area contributed by atoms with Gasteiger partial charge in [0.05, 0.1) is 35.5 Å². The number of aliphatic hydroxyl groups excluding tert-OH is 2. The molecule has 2 atom stereocenters. The number of aliphatic hydroxyl groups is 2. The van der Waals surface area contributed by atoms with Crippen LogP contribution in [0, 0.1) is 0 Å². The normalized spacial score (nSPS) is 13.4. The lowest BCUT2D eigenvalue weighted by atomic mass is 10.1. The lowest BCUT2D eigenvalue weighted by Crippen LogP contribution is -2.35. The van der Waals surface area contributed by atoms with Crippen LogP contribution < -0.4 is 10.6 Å². The van der Waals surface area contributed by atoms with Gasteiger partial charge in [-0.2, -0.15) is 19.6 Å². The van der Waals surface area contributed by atoms with E-state index in [2.05, 4.69) is 44.5 Å². The minimum absolute atomic E-state index is 0.225. The van der Waals surface area contributed by atoms with Gasteiger partial charge in [0.25, 0.3) is 0 Å². The van der Waals surface area contributed by atoms with E-state index in [0.29, 0.717) is 24.1 Å². The van der Waals surface area contributed by atoms with Crippen molar-refractivity contribution in [1.29, 1.82) is 0 Å². The minimum Gasteiger partial charge on any atom is -0.394 e. The maximum absolute atomic E-state index is 9.88. The fourth-order valence-electron chi connectivity index (χ4n) is 3.25. The molecule has 4 aromatic heterocycles. The Kier molecular flexibility index (Phi) is 6.63. The van der Waals surface area contributed by atoms with E-state index < -0.39 is 12.1 Å². The Balaban J connectivity index is 1.60. The molecule has 0 spiro atoms. The molecule has 4 heterocycles. The highest BCUT2D eigenvalue weighted by atomic mass is 32.1. The van der Waals surface area contributed by atoms with E-state index in [4.69, 9.17) is 0 Å². The zero-order chi connectivity index (χ0) is 22.7. The second-order valence-corrected chi connectivity index (χ2v) is 8.87. The Labute approximate surface area is 190 Å². The fraction of sp³-hybridized carbons (Fsp3) is 0.364. The first-order valence-corrected chi connectivity index (χ1v) is 11.4. The summed E-state index contributed by atoms with van der Waals surface area (Å²) in [6.45, 7) is 6.02. The Morgan fingerprint density at radius 3 is 2.59 bits per heavy atom. The van der Waals surface area contributed by atoms with Gasteiger partial charge in [0, 0.05) is 18.3 Å². The number of rotatable bonds is 9. The summed E-state index contributed by atoms with van der Waals surface area (Å²) in [5.74, 6) is 1.05. The Bertz CT molecular complexity index is 1160. The van der Waals surface area contributed by atoms with Crippen LogP contribution in [-0.2, 0) is 6.54 Å². The van der Waals surface area contributed by atoms with Gasteiger partial charge in [0.15, 0.2) is 5.65 Å². The van der Waals surface area contributed by atoms with Crippen LogP contribution in [0.25, 0.3) is 16.2 Å². The molecule has 0 aliphatic heterocycles. The van der Waals surface area contributed by atoms with Crippen molar-refractivity contribution < 1.29 is 10.2 Å². The molecule has 0 aliphatic rings. The minimum atomic E-state index is -0.765. The van der Waals surface area contributed by atoms with Crippen molar-refractivity contribution in [2.75, 3.05) is 17.2 Å². The molecule has 4 aromatic rings. The molecule has 4 rings (SSSR count). The number of aromatic nitrogens is 5. The van der Waals surface area contributed by atoms with Gasteiger partial charge in [-0.15, -0.1) is 11.3 Å². The van der Waals surface area contributed by atoms with E-state index >= 15 is 0 Å². The second-order valence-electron chi connectivity index (χ2n) is 7.92. The molecule has 10 heteroatoms. The first-order chi connectivity index (χ1) is 15.5. The van der Waals surface area contributed by atoms with Crippen molar-refractivity contribution in [2.45, 2.75) is 45.4 Å². The van der Waals surface area contributed by atoms with E-state index in [-0.39, 0.29) is 12.5 Å². The maximum Gasteiger partial charge on any atom is 0.229 e. The average molecular weight is 454 g/mol. The standard InChI is InChI=1S/C22H27N7O2S/c1-13(2)16-11-25-29-20(16)27-21(26-18(12-30)14(3)31)28-22(29)24-10-15-6-7-17(23-9-15)19-5-4-8-32-19/h4-9,11,13-14,18,30-31H,10,12H2,1-3H3,(H2,24,26,27,28)/t14-,18-/m0/s1. The molecular weight excluding hydrogens is 426 g/mol. The summed E-state index contributed by atoms with van der Waals surface area (Å²) in [6.07, 6.45) is 2.87. The van der Waals surface area contributed by atoms with Crippen LogP contribution in [0.1, 0.15) is 37.8 Å². The third-order valence-corrected chi connectivity index (χ3v) is 6.05. The van der Waals surface area contributed by atoms with Crippen LogP contribution in [-0.4, -0.2) is 53.5 Å². The fourth-order valence-corrected chi connectivity index (χ4v) is 3.95. The summed E-state index contributed by atoms with van der Waals surface area (Å²) in [5, 5.41) is 32.3. The lowest BCUT2D eigenvalue weighted by molar-refractivity contribution is 0.132. The monoisotopic (exact) mass is 453 g/mol. The van der Waals surface area contributed by atoms with Gasteiger partial charge in [-0.3, -0.25) is 4.98 Å². The molecule has 0 unspecified atom stereocenters. The van der Waals surface area contributed by atoms with Crippen LogP contribution in [0.3, 0.4) is 0 Å². The number of hydrogen-bond acceptors (Lipinski definition) is 9. The Hall–Kier alpha value is -3.08. The number of hydrogen-bond donors (Lipinski definition) is 4. The number of pyridine rings is 1. The van der Waals surface area contributed by atoms with Crippen molar-refractivity contribution in [3.05, 3.63) is 53.2 Å². The smallest absolute Gasteiger partial charge is 0.229 e. The quantitative estimate of drug-likeness (QED) is 0.305. The molecule has 32 heavy (non-hydrogen) atoms. The SMILES string of the molecule is CC(C)c1cnn2c(NCc3ccc(-c4cccs4)nc3)nc(N[C@@H](CO)[C@H](C)O)nc12. The van der Waals surface area contributed by atoms with Gasteiger partial charge < -0.3 is 20.8 Å². The highest BCUT2D eigenvalue weighted by Gasteiger charge is 2.19.